The predicted octanol–water partition coefficient (Wildman–Crippen LogP) is 3.77. The van der Waals surface area contributed by atoms with Gasteiger partial charge in [0, 0.05) is 21.7 Å². The van der Waals surface area contributed by atoms with Crippen molar-refractivity contribution < 1.29 is 19.2 Å². The Morgan fingerprint density at radius 2 is 1.92 bits per heavy atom. The molecule has 1 amide bonds. The van der Waals surface area contributed by atoms with E-state index in [0.717, 1.165) is 11.0 Å². The minimum Gasteiger partial charge on any atom is -0.452 e. The second-order valence-electron chi connectivity index (χ2n) is 4.77. The van der Waals surface area contributed by atoms with Crippen LogP contribution in [0.2, 0.25) is 5.02 Å². The van der Waals surface area contributed by atoms with E-state index in [-0.39, 0.29) is 10.6 Å². The highest BCUT2D eigenvalue weighted by atomic mass is 35.5. The molecule has 9 heteroatoms. The van der Waals surface area contributed by atoms with Crippen molar-refractivity contribution in [1.82, 2.24) is 0 Å². The van der Waals surface area contributed by atoms with Crippen LogP contribution in [0.25, 0.3) is 0 Å². The van der Waals surface area contributed by atoms with Crippen molar-refractivity contribution in [3.8, 4) is 0 Å². The van der Waals surface area contributed by atoms with Crippen molar-refractivity contribution in [2.45, 2.75) is 4.90 Å². The first-order valence-corrected chi connectivity index (χ1v) is 8.56. The largest absolute Gasteiger partial charge is 0.452 e. The van der Waals surface area contributed by atoms with E-state index in [1.165, 1.54) is 12.1 Å². The fraction of sp³-hybridized carbons (Fsp3) is 0.125. The van der Waals surface area contributed by atoms with Gasteiger partial charge in [-0.05, 0) is 42.7 Å². The average molecular weight is 381 g/mol. The van der Waals surface area contributed by atoms with Gasteiger partial charge in [-0.15, -0.1) is 11.8 Å². The van der Waals surface area contributed by atoms with Crippen molar-refractivity contribution in [3.63, 3.8) is 0 Å². The number of anilines is 1. The van der Waals surface area contributed by atoms with Crippen LogP contribution in [0.1, 0.15) is 10.4 Å². The van der Waals surface area contributed by atoms with Crippen molar-refractivity contribution >= 4 is 46.6 Å². The molecule has 0 unspecified atom stereocenters. The molecule has 0 aliphatic carbocycles. The first-order chi connectivity index (χ1) is 11.9. The molecule has 25 heavy (non-hydrogen) atoms. The molecule has 2 aromatic carbocycles. The molecule has 0 aromatic heterocycles. The Hall–Kier alpha value is -2.58. The number of nitro groups is 1. The van der Waals surface area contributed by atoms with Crippen molar-refractivity contribution in [2.24, 2.45) is 0 Å². The Labute approximate surface area is 152 Å². The monoisotopic (exact) mass is 380 g/mol. The minimum atomic E-state index is -0.976. The third-order valence-electron chi connectivity index (χ3n) is 3.08. The number of halogens is 1. The van der Waals surface area contributed by atoms with E-state index in [0.29, 0.717) is 5.69 Å². The molecule has 130 valence electrons. The van der Waals surface area contributed by atoms with E-state index < -0.39 is 29.1 Å². The Kier molecular flexibility index (Phi) is 6.37. The number of carbonyl (C=O) groups excluding carboxylic acids is 2. The lowest BCUT2D eigenvalue weighted by Gasteiger charge is -2.07. The molecule has 1 N–H and O–H groups in total. The van der Waals surface area contributed by atoms with Crippen LogP contribution in [-0.2, 0) is 9.53 Å². The first-order valence-electron chi connectivity index (χ1n) is 6.95. The minimum absolute atomic E-state index is 0.120. The molecule has 0 aliphatic heterocycles. The Morgan fingerprint density at radius 1 is 1.24 bits per heavy atom. The number of ether oxygens (including phenoxy) is 1. The molecule has 0 bridgehead atoms. The molecule has 0 aliphatic rings. The molecule has 0 fully saturated rings. The zero-order chi connectivity index (χ0) is 18.4. The van der Waals surface area contributed by atoms with Crippen LogP contribution in [0.3, 0.4) is 0 Å². The maximum absolute atomic E-state index is 12.0. The molecule has 2 rings (SSSR count). The standard InChI is InChI=1S/C16H13ClN2O5S/c1-25-12-5-3-11(4-6-12)18-15(20)9-24-16(21)13-7-2-10(17)8-14(13)19(22)23/h2-8H,9H2,1H3,(H,18,20). The molecule has 0 atom stereocenters. The smallest absolute Gasteiger partial charge is 0.345 e. The summed E-state index contributed by atoms with van der Waals surface area (Å²) >= 11 is 7.25. The zero-order valence-electron chi connectivity index (χ0n) is 13.0. The molecule has 0 heterocycles. The van der Waals surface area contributed by atoms with Crippen LogP contribution < -0.4 is 5.32 Å². The maximum atomic E-state index is 12.0. The highest BCUT2D eigenvalue weighted by molar-refractivity contribution is 7.98. The second kappa shape index (κ2) is 8.50. The highest BCUT2D eigenvalue weighted by Gasteiger charge is 2.22. The number of esters is 1. The van der Waals surface area contributed by atoms with Gasteiger partial charge >= 0.3 is 5.97 Å². The molecule has 0 spiro atoms. The molecule has 7 nitrogen and oxygen atoms in total. The Bertz CT molecular complexity index is 811. The number of amides is 1. The second-order valence-corrected chi connectivity index (χ2v) is 6.09. The summed E-state index contributed by atoms with van der Waals surface area (Å²) in [6.07, 6.45) is 1.93. The third kappa shape index (κ3) is 5.20. The van der Waals surface area contributed by atoms with Crippen LogP contribution in [0.5, 0.6) is 0 Å². The maximum Gasteiger partial charge on any atom is 0.345 e. The van der Waals surface area contributed by atoms with E-state index in [1.807, 2.05) is 18.4 Å². The van der Waals surface area contributed by atoms with Crippen LogP contribution in [0, 0.1) is 10.1 Å². The van der Waals surface area contributed by atoms with E-state index in [1.54, 1.807) is 23.9 Å². The van der Waals surface area contributed by atoms with Gasteiger partial charge in [-0.3, -0.25) is 14.9 Å². The Balaban J connectivity index is 1.97. The van der Waals surface area contributed by atoms with Crippen molar-refractivity contribution in [2.75, 3.05) is 18.2 Å². The number of nitrogens with one attached hydrogen (secondary N) is 1. The van der Waals surface area contributed by atoms with E-state index >= 15 is 0 Å². The summed E-state index contributed by atoms with van der Waals surface area (Å²) in [5.41, 5.74) is -0.201. The fourth-order valence-corrected chi connectivity index (χ4v) is 2.48. The highest BCUT2D eigenvalue weighted by Crippen LogP contribution is 2.24. The lowest BCUT2D eigenvalue weighted by molar-refractivity contribution is -0.385. The Morgan fingerprint density at radius 3 is 2.52 bits per heavy atom. The zero-order valence-corrected chi connectivity index (χ0v) is 14.6. The number of nitrogens with zero attached hydrogens (tertiary/aromatic N) is 1. The van der Waals surface area contributed by atoms with Crippen LogP contribution in [0.15, 0.2) is 47.4 Å². The van der Waals surface area contributed by atoms with Gasteiger partial charge in [0.25, 0.3) is 11.6 Å². The molecule has 0 saturated heterocycles. The lowest BCUT2D eigenvalue weighted by atomic mass is 10.2. The third-order valence-corrected chi connectivity index (χ3v) is 4.06. The van der Waals surface area contributed by atoms with Crippen LogP contribution >= 0.6 is 23.4 Å². The van der Waals surface area contributed by atoms with Gasteiger partial charge in [-0.25, -0.2) is 4.79 Å². The predicted molar refractivity (Wildman–Crippen MR) is 95.2 cm³/mol. The molecule has 0 saturated carbocycles. The first kappa shape index (κ1) is 18.8. The lowest BCUT2D eigenvalue weighted by Crippen LogP contribution is -2.21. The van der Waals surface area contributed by atoms with Gasteiger partial charge < -0.3 is 10.1 Å². The number of nitro benzene ring substituents is 1. The summed E-state index contributed by atoms with van der Waals surface area (Å²) in [5.74, 6) is -1.53. The van der Waals surface area contributed by atoms with Gasteiger partial charge in [0.1, 0.15) is 5.56 Å². The number of hydrogen-bond acceptors (Lipinski definition) is 6. The summed E-state index contributed by atoms with van der Waals surface area (Å²) in [6, 6.07) is 10.7. The molecule has 0 radical (unpaired) electrons. The number of carbonyl (C=O) groups is 2. The van der Waals surface area contributed by atoms with Gasteiger partial charge in [-0.2, -0.15) is 0 Å². The van der Waals surface area contributed by atoms with Crippen molar-refractivity contribution in [3.05, 3.63) is 63.2 Å². The summed E-state index contributed by atoms with van der Waals surface area (Å²) in [7, 11) is 0. The SMILES string of the molecule is CSc1ccc(NC(=O)COC(=O)c2ccc(Cl)cc2[N+](=O)[O-])cc1. The fourth-order valence-electron chi connectivity index (χ4n) is 1.91. The summed E-state index contributed by atoms with van der Waals surface area (Å²) in [4.78, 5) is 35.1. The summed E-state index contributed by atoms with van der Waals surface area (Å²) in [5, 5.41) is 13.7. The van der Waals surface area contributed by atoms with Crippen LogP contribution in [-0.4, -0.2) is 29.7 Å². The van der Waals surface area contributed by atoms with Gasteiger partial charge in [0.2, 0.25) is 0 Å². The normalized spacial score (nSPS) is 10.2. The van der Waals surface area contributed by atoms with Crippen molar-refractivity contribution in [1.29, 1.82) is 0 Å². The van der Waals surface area contributed by atoms with Gasteiger partial charge in [-0.1, -0.05) is 11.6 Å². The number of rotatable bonds is 6. The summed E-state index contributed by atoms with van der Waals surface area (Å²) in [6.45, 7) is -0.567. The quantitative estimate of drug-likeness (QED) is 0.354. The summed E-state index contributed by atoms with van der Waals surface area (Å²) < 4.78 is 4.84. The number of hydrogen-bond donors (Lipinski definition) is 1. The molecular weight excluding hydrogens is 368 g/mol. The molecular formula is C16H13ClN2O5S. The van der Waals surface area contributed by atoms with Crippen LogP contribution in [0.4, 0.5) is 11.4 Å². The van der Waals surface area contributed by atoms with E-state index in [4.69, 9.17) is 16.3 Å². The van der Waals surface area contributed by atoms with Gasteiger partial charge in [0.05, 0.1) is 4.92 Å². The van der Waals surface area contributed by atoms with Gasteiger partial charge in [0.15, 0.2) is 6.61 Å². The van der Waals surface area contributed by atoms with E-state index in [9.17, 15) is 19.7 Å². The number of thioether (sulfide) groups is 1. The van der Waals surface area contributed by atoms with E-state index in [2.05, 4.69) is 5.32 Å². The molecule has 2 aromatic rings. The topological polar surface area (TPSA) is 98.5 Å². The number of benzene rings is 2. The average Bonchev–Trinajstić information content (AvgIpc) is 2.60.